The van der Waals surface area contributed by atoms with E-state index in [1.165, 1.54) is 76.3 Å². The number of amides is 1. The standard InChI is InChI=1S/C34H50N2O3S.BrH/c1-4-5-6-7-8-9-10-11-12-13-14-17-23-39-34-29(20-18-22-32(34)38-3)24-33(37)35-31-21-16-15-19-30(31)25-36-27-40-26-28(36)2;/h15-16,18-22,26H,4-14,17,23-25,27H2,1-3H3,(H,35,37);1H. The zero-order valence-electron chi connectivity index (χ0n) is 25.4. The number of carbonyl (C=O) groups excluding carboxylic acids is 1. The molecule has 0 unspecified atom stereocenters. The highest BCUT2D eigenvalue weighted by molar-refractivity contribution is 8.93. The number of halogens is 1. The summed E-state index contributed by atoms with van der Waals surface area (Å²) >= 11 is 1.80. The number of para-hydroxylation sites is 2. The Bertz CT molecular complexity index is 1060. The van der Waals surface area contributed by atoms with Crippen LogP contribution in [0.1, 0.15) is 102 Å². The van der Waals surface area contributed by atoms with Gasteiger partial charge in [0, 0.05) is 23.5 Å². The van der Waals surface area contributed by atoms with E-state index >= 15 is 0 Å². The highest BCUT2D eigenvalue weighted by atomic mass is 79.9. The Balaban J connectivity index is 0.00000588. The van der Waals surface area contributed by atoms with Crippen LogP contribution in [0.4, 0.5) is 5.69 Å². The first-order valence-corrected chi connectivity index (χ1v) is 16.4. The maximum atomic E-state index is 13.1. The van der Waals surface area contributed by atoms with Gasteiger partial charge in [-0.1, -0.05) is 108 Å². The predicted molar refractivity (Wildman–Crippen MR) is 180 cm³/mol. The topological polar surface area (TPSA) is 50.8 Å². The van der Waals surface area contributed by atoms with Crippen molar-refractivity contribution in [1.82, 2.24) is 4.90 Å². The summed E-state index contributed by atoms with van der Waals surface area (Å²) in [7, 11) is 1.65. The number of nitrogens with one attached hydrogen (secondary N) is 1. The molecule has 0 aromatic heterocycles. The Morgan fingerprint density at radius 2 is 1.51 bits per heavy atom. The first-order valence-electron chi connectivity index (χ1n) is 15.3. The quantitative estimate of drug-likeness (QED) is 0.145. The summed E-state index contributed by atoms with van der Waals surface area (Å²) in [5, 5.41) is 5.33. The third-order valence-corrected chi connectivity index (χ3v) is 8.48. The number of methoxy groups -OCH3 is 1. The number of rotatable bonds is 20. The molecule has 2 aromatic carbocycles. The van der Waals surface area contributed by atoms with E-state index in [2.05, 4.69) is 35.5 Å². The second-order valence-corrected chi connectivity index (χ2v) is 11.6. The third kappa shape index (κ3) is 12.7. The van der Waals surface area contributed by atoms with E-state index in [-0.39, 0.29) is 29.3 Å². The largest absolute Gasteiger partial charge is 0.493 e. The van der Waals surface area contributed by atoms with Crippen LogP contribution in [0.3, 0.4) is 0 Å². The van der Waals surface area contributed by atoms with Crippen LogP contribution in [0, 0.1) is 0 Å². The summed E-state index contributed by atoms with van der Waals surface area (Å²) < 4.78 is 11.8. The lowest BCUT2D eigenvalue weighted by molar-refractivity contribution is -0.115. The Labute approximate surface area is 263 Å². The fraction of sp³-hybridized carbons (Fsp3) is 0.559. The van der Waals surface area contributed by atoms with Crippen molar-refractivity contribution in [2.75, 3.05) is 24.9 Å². The molecule has 0 aliphatic carbocycles. The van der Waals surface area contributed by atoms with Crippen molar-refractivity contribution >= 4 is 40.3 Å². The molecule has 0 fully saturated rings. The maximum absolute atomic E-state index is 13.1. The fourth-order valence-corrected chi connectivity index (χ4v) is 6.03. The molecule has 0 spiro atoms. The second kappa shape index (κ2) is 20.7. The average Bonchev–Trinajstić information content (AvgIpc) is 3.36. The van der Waals surface area contributed by atoms with Gasteiger partial charge < -0.3 is 19.7 Å². The number of carbonyl (C=O) groups is 1. The van der Waals surface area contributed by atoms with Gasteiger partial charge in [-0.15, -0.1) is 28.7 Å². The van der Waals surface area contributed by atoms with Crippen LogP contribution in [0.2, 0.25) is 0 Å². The second-order valence-electron chi connectivity index (χ2n) is 10.8. The molecule has 0 atom stereocenters. The van der Waals surface area contributed by atoms with Gasteiger partial charge in [-0.2, -0.15) is 0 Å². The van der Waals surface area contributed by atoms with Crippen molar-refractivity contribution in [3.63, 3.8) is 0 Å². The zero-order valence-corrected chi connectivity index (χ0v) is 28.0. The molecule has 7 heteroatoms. The highest BCUT2D eigenvalue weighted by Gasteiger charge is 2.17. The van der Waals surface area contributed by atoms with E-state index in [1.807, 2.05) is 36.4 Å². The van der Waals surface area contributed by atoms with Crippen molar-refractivity contribution in [2.24, 2.45) is 0 Å². The molecular weight excluding hydrogens is 596 g/mol. The molecule has 0 radical (unpaired) electrons. The van der Waals surface area contributed by atoms with Crippen molar-refractivity contribution in [1.29, 1.82) is 0 Å². The molecule has 0 saturated heterocycles. The van der Waals surface area contributed by atoms with E-state index in [4.69, 9.17) is 9.47 Å². The number of anilines is 1. The van der Waals surface area contributed by atoms with E-state index in [1.54, 1.807) is 18.9 Å². The molecule has 1 aliphatic heterocycles. The minimum Gasteiger partial charge on any atom is -0.493 e. The van der Waals surface area contributed by atoms with Gasteiger partial charge in [-0.3, -0.25) is 4.79 Å². The van der Waals surface area contributed by atoms with E-state index in [0.717, 1.165) is 35.7 Å². The lowest BCUT2D eigenvalue weighted by Crippen LogP contribution is -2.20. The van der Waals surface area contributed by atoms with Crippen LogP contribution in [-0.4, -0.2) is 30.4 Å². The van der Waals surface area contributed by atoms with Crippen LogP contribution in [0.25, 0.3) is 0 Å². The predicted octanol–water partition coefficient (Wildman–Crippen LogP) is 9.90. The van der Waals surface area contributed by atoms with Crippen LogP contribution >= 0.6 is 28.7 Å². The number of thioether (sulfide) groups is 1. The molecule has 2 aromatic rings. The summed E-state index contributed by atoms with van der Waals surface area (Å²) in [4.78, 5) is 15.5. The van der Waals surface area contributed by atoms with Gasteiger partial charge >= 0.3 is 0 Å². The summed E-state index contributed by atoms with van der Waals surface area (Å²) in [6.45, 7) is 5.81. The summed E-state index contributed by atoms with van der Waals surface area (Å²) in [5.41, 5.74) is 4.08. The van der Waals surface area contributed by atoms with Gasteiger partial charge in [-0.25, -0.2) is 0 Å². The summed E-state index contributed by atoms with van der Waals surface area (Å²) in [6.07, 6.45) is 16.0. The molecule has 5 nitrogen and oxygen atoms in total. The maximum Gasteiger partial charge on any atom is 0.228 e. The molecule has 228 valence electrons. The molecule has 1 heterocycles. The zero-order chi connectivity index (χ0) is 28.4. The lowest BCUT2D eigenvalue weighted by Gasteiger charge is -2.21. The van der Waals surface area contributed by atoms with Gasteiger partial charge in [-0.05, 0) is 36.4 Å². The Kier molecular flexibility index (Phi) is 17.7. The van der Waals surface area contributed by atoms with Crippen molar-refractivity contribution in [2.45, 2.75) is 104 Å². The number of nitrogens with zero attached hydrogens (tertiary/aromatic N) is 1. The molecule has 1 N–H and O–H groups in total. The first kappa shape index (κ1) is 35.1. The summed E-state index contributed by atoms with van der Waals surface area (Å²) in [6, 6.07) is 13.8. The lowest BCUT2D eigenvalue weighted by atomic mass is 10.1. The minimum atomic E-state index is -0.0565. The summed E-state index contributed by atoms with van der Waals surface area (Å²) in [5.74, 6) is 2.25. The van der Waals surface area contributed by atoms with Crippen molar-refractivity contribution in [3.8, 4) is 11.5 Å². The molecular formula is C34H51BrN2O3S. The van der Waals surface area contributed by atoms with Crippen LogP contribution in [0.15, 0.2) is 53.6 Å². The van der Waals surface area contributed by atoms with Gasteiger partial charge in [0.2, 0.25) is 5.91 Å². The van der Waals surface area contributed by atoms with Crippen molar-refractivity contribution in [3.05, 3.63) is 64.7 Å². The number of benzene rings is 2. The highest BCUT2D eigenvalue weighted by Crippen LogP contribution is 2.32. The minimum absolute atomic E-state index is 0. The van der Waals surface area contributed by atoms with Gasteiger partial charge in [0.05, 0.1) is 26.0 Å². The molecule has 1 amide bonds. The first-order chi connectivity index (χ1) is 19.6. The van der Waals surface area contributed by atoms with Crippen LogP contribution in [-0.2, 0) is 17.8 Å². The number of allylic oxidation sites excluding steroid dienone is 1. The SMILES string of the molecule is Br.CCCCCCCCCCCCCCOc1c(CC(=O)Nc2ccccc2CN2CSC=C2C)cccc1OC. The fourth-order valence-electron chi connectivity index (χ4n) is 5.09. The molecule has 1 aliphatic rings. The van der Waals surface area contributed by atoms with Gasteiger partial charge in [0.15, 0.2) is 11.5 Å². The van der Waals surface area contributed by atoms with E-state index < -0.39 is 0 Å². The number of unbranched alkanes of at least 4 members (excludes halogenated alkanes) is 11. The normalized spacial score (nSPS) is 12.6. The number of hydrogen-bond acceptors (Lipinski definition) is 5. The van der Waals surface area contributed by atoms with E-state index in [9.17, 15) is 4.79 Å². The Morgan fingerprint density at radius 1 is 0.878 bits per heavy atom. The molecule has 0 bridgehead atoms. The van der Waals surface area contributed by atoms with Gasteiger partial charge in [0.25, 0.3) is 0 Å². The number of hydrogen-bond donors (Lipinski definition) is 1. The smallest absolute Gasteiger partial charge is 0.228 e. The molecule has 0 saturated carbocycles. The van der Waals surface area contributed by atoms with Crippen LogP contribution in [0.5, 0.6) is 11.5 Å². The van der Waals surface area contributed by atoms with Gasteiger partial charge in [0.1, 0.15) is 0 Å². The van der Waals surface area contributed by atoms with Crippen molar-refractivity contribution < 1.29 is 14.3 Å². The Morgan fingerprint density at radius 3 is 2.15 bits per heavy atom. The molecule has 3 rings (SSSR count). The molecule has 41 heavy (non-hydrogen) atoms. The Hall–Kier alpha value is -2.12. The average molecular weight is 648 g/mol. The van der Waals surface area contributed by atoms with E-state index in [0.29, 0.717) is 18.1 Å². The third-order valence-electron chi connectivity index (χ3n) is 7.51. The number of ether oxygens (including phenoxy) is 2. The van der Waals surface area contributed by atoms with Crippen LogP contribution < -0.4 is 14.8 Å². The monoisotopic (exact) mass is 646 g/mol.